The summed E-state index contributed by atoms with van der Waals surface area (Å²) >= 11 is 0. The molecule has 0 amide bonds. The Morgan fingerprint density at radius 3 is 2.38 bits per heavy atom. The molecule has 2 aromatic carbocycles. The Kier molecular flexibility index (Phi) is 6.25. The minimum Gasteiger partial charge on any atom is -0.489 e. The first-order chi connectivity index (χ1) is 10.3. The highest BCUT2D eigenvalue weighted by Crippen LogP contribution is 2.27. The average Bonchev–Trinajstić information content (AvgIpc) is 2.54. The van der Waals surface area contributed by atoms with Crippen LogP contribution < -0.4 is 16.2 Å². The summed E-state index contributed by atoms with van der Waals surface area (Å²) in [6.45, 7) is 1.28. The van der Waals surface area contributed by atoms with Crippen LogP contribution in [0.1, 0.15) is 36.4 Å². The van der Waals surface area contributed by atoms with Crippen LogP contribution >= 0.6 is 0 Å². The van der Waals surface area contributed by atoms with E-state index in [0.717, 1.165) is 42.7 Å². The van der Waals surface area contributed by atoms with E-state index in [9.17, 15) is 0 Å². The van der Waals surface area contributed by atoms with E-state index >= 15 is 0 Å². The molecule has 2 rings (SSSR count). The molecule has 4 N–H and O–H groups in total. The largest absolute Gasteiger partial charge is 0.489 e. The van der Waals surface area contributed by atoms with Crippen molar-refractivity contribution in [2.75, 3.05) is 6.54 Å². The van der Waals surface area contributed by atoms with Crippen molar-refractivity contribution in [1.29, 1.82) is 0 Å². The molecule has 3 nitrogen and oxygen atoms in total. The SMILES string of the molecule is NCCCC[C@@H](N)c1ccccc1OCc1ccccc1. The van der Waals surface area contributed by atoms with Gasteiger partial charge in [0.25, 0.3) is 0 Å². The van der Waals surface area contributed by atoms with E-state index in [4.69, 9.17) is 16.2 Å². The summed E-state index contributed by atoms with van der Waals surface area (Å²) in [5.74, 6) is 0.876. The van der Waals surface area contributed by atoms with Crippen molar-refractivity contribution in [3.63, 3.8) is 0 Å². The highest BCUT2D eigenvalue weighted by molar-refractivity contribution is 5.36. The first kappa shape index (κ1) is 15.5. The lowest BCUT2D eigenvalue weighted by molar-refractivity contribution is 0.300. The van der Waals surface area contributed by atoms with Crippen molar-refractivity contribution in [1.82, 2.24) is 0 Å². The molecular formula is C18H24N2O. The summed E-state index contributed by atoms with van der Waals surface area (Å²) in [6.07, 6.45) is 2.99. The lowest BCUT2D eigenvalue weighted by Gasteiger charge is -2.17. The molecule has 0 aliphatic rings. The second-order valence-corrected chi connectivity index (χ2v) is 5.20. The van der Waals surface area contributed by atoms with Crippen molar-refractivity contribution < 1.29 is 4.74 Å². The molecule has 0 aliphatic carbocycles. The molecule has 21 heavy (non-hydrogen) atoms. The Balaban J connectivity index is 1.99. The highest BCUT2D eigenvalue weighted by Gasteiger charge is 2.11. The molecule has 0 saturated heterocycles. The van der Waals surface area contributed by atoms with Gasteiger partial charge in [-0.3, -0.25) is 0 Å². The van der Waals surface area contributed by atoms with Crippen LogP contribution in [-0.2, 0) is 6.61 Å². The number of para-hydroxylation sites is 1. The molecule has 0 radical (unpaired) electrons. The van der Waals surface area contributed by atoms with Crippen molar-refractivity contribution in [2.45, 2.75) is 31.9 Å². The second kappa shape index (κ2) is 8.45. The predicted molar refractivity (Wildman–Crippen MR) is 87.0 cm³/mol. The number of ether oxygens (including phenoxy) is 1. The van der Waals surface area contributed by atoms with E-state index in [1.54, 1.807) is 0 Å². The lowest BCUT2D eigenvalue weighted by atomic mass is 10.0. The molecule has 0 unspecified atom stereocenters. The third-order valence-electron chi connectivity index (χ3n) is 3.52. The smallest absolute Gasteiger partial charge is 0.124 e. The average molecular weight is 284 g/mol. The summed E-state index contributed by atoms with van der Waals surface area (Å²) in [6, 6.07) is 18.2. The molecule has 112 valence electrons. The maximum Gasteiger partial charge on any atom is 0.124 e. The maximum absolute atomic E-state index is 6.28. The van der Waals surface area contributed by atoms with Gasteiger partial charge in [0, 0.05) is 11.6 Å². The van der Waals surface area contributed by atoms with Gasteiger partial charge >= 0.3 is 0 Å². The van der Waals surface area contributed by atoms with Crippen molar-refractivity contribution in [2.24, 2.45) is 11.5 Å². The number of benzene rings is 2. The van der Waals surface area contributed by atoms with E-state index in [1.807, 2.05) is 42.5 Å². The standard InChI is InChI=1S/C18H24N2O/c19-13-7-6-11-17(20)16-10-4-5-12-18(16)21-14-15-8-2-1-3-9-15/h1-5,8-10,12,17H,6-7,11,13-14,19-20H2/t17-/m1/s1. The first-order valence-electron chi connectivity index (χ1n) is 7.52. The van der Waals surface area contributed by atoms with E-state index in [-0.39, 0.29) is 6.04 Å². The molecule has 0 bridgehead atoms. The summed E-state index contributed by atoms with van der Waals surface area (Å²) in [4.78, 5) is 0. The zero-order valence-corrected chi connectivity index (χ0v) is 12.4. The normalized spacial score (nSPS) is 12.1. The summed E-state index contributed by atoms with van der Waals surface area (Å²) in [5, 5.41) is 0. The summed E-state index contributed by atoms with van der Waals surface area (Å²) < 4.78 is 5.95. The Labute approximate surface area is 126 Å². The fraction of sp³-hybridized carbons (Fsp3) is 0.333. The molecule has 3 heteroatoms. The molecule has 0 fully saturated rings. The number of hydrogen-bond acceptors (Lipinski definition) is 3. The van der Waals surface area contributed by atoms with Crippen LogP contribution in [0.3, 0.4) is 0 Å². The van der Waals surface area contributed by atoms with E-state index in [2.05, 4.69) is 12.1 Å². The van der Waals surface area contributed by atoms with Crippen LogP contribution in [0, 0.1) is 0 Å². The van der Waals surface area contributed by atoms with Crippen LogP contribution in [0.2, 0.25) is 0 Å². The van der Waals surface area contributed by atoms with Crippen LogP contribution in [0.5, 0.6) is 5.75 Å². The Morgan fingerprint density at radius 1 is 0.905 bits per heavy atom. The fourth-order valence-electron chi connectivity index (χ4n) is 2.32. The molecule has 0 saturated carbocycles. The zero-order valence-electron chi connectivity index (χ0n) is 12.4. The first-order valence-corrected chi connectivity index (χ1v) is 7.52. The van der Waals surface area contributed by atoms with Gasteiger partial charge in [-0.05, 0) is 31.0 Å². The van der Waals surface area contributed by atoms with E-state index in [0.29, 0.717) is 6.61 Å². The molecule has 1 atom stereocenters. The molecule has 0 heterocycles. The quantitative estimate of drug-likeness (QED) is 0.730. The lowest BCUT2D eigenvalue weighted by Crippen LogP contribution is -2.12. The van der Waals surface area contributed by atoms with Gasteiger partial charge in [-0.15, -0.1) is 0 Å². The minimum absolute atomic E-state index is 0.00326. The van der Waals surface area contributed by atoms with Gasteiger partial charge in [-0.2, -0.15) is 0 Å². The number of rotatable bonds is 8. The van der Waals surface area contributed by atoms with Crippen LogP contribution in [0.4, 0.5) is 0 Å². The topological polar surface area (TPSA) is 61.3 Å². The number of unbranched alkanes of at least 4 members (excludes halogenated alkanes) is 1. The summed E-state index contributed by atoms with van der Waals surface area (Å²) in [7, 11) is 0. The van der Waals surface area contributed by atoms with Gasteiger partial charge in [0.15, 0.2) is 0 Å². The molecule has 0 spiro atoms. The monoisotopic (exact) mass is 284 g/mol. The minimum atomic E-state index is 0.00326. The fourth-order valence-corrected chi connectivity index (χ4v) is 2.32. The Hall–Kier alpha value is -1.84. The third kappa shape index (κ3) is 4.88. The zero-order chi connectivity index (χ0) is 14.9. The molecule has 0 aliphatic heterocycles. The van der Waals surface area contributed by atoms with Gasteiger partial charge in [-0.1, -0.05) is 55.0 Å². The molecule has 0 aromatic heterocycles. The van der Waals surface area contributed by atoms with Crippen LogP contribution in [0.15, 0.2) is 54.6 Å². The van der Waals surface area contributed by atoms with Gasteiger partial charge in [0.1, 0.15) is 12.4 Å². The van der Waals surface area contributed by atoms with Crippen LogP contribution in [0.25, 0.3) is 0 Å². The molecule has 2 aromatic rings. The highest BCUT2D eigenvalue weighted by atomic mass is 16.5. The van der Waals surface area contributed by atoms with E-state index in [1.165, 1.54) is 0 Å². The summed E-state index contributed by atoms with van der Waals surface area (Å²) in [5.41, 5.74) is 14.0. The maximum atomic E-state index is 6.28. The number of nitrogens with two attached hydrogens (primary N) is 2. The predicted octanol–water partition coefficient (Wildman–Crippen LogP) is 3.39. The van der Waals surface area contributed by atoms with Crippen molar-refractivity contribution in [3.05, 3.63) is 65.7 Å². The van der Waals surface area contributed by atoms with Gasteiger partial charge in [0.05, 0.1) is 0 Å². The van der Waals surface area contributed by atoms with Crippen molar-refractivity contribution in [3.8, 4) is 5.75 Å². The van der Waals surface area contributed by atoms with Gasteiger partial charge in [-0.25, -0.2) is 0 Å². The third-order valence-corrected chi connectivity index (χ3v) is 3.52. The Bertz CT molecular complexity index is 528. The van der Waals surface area contributed by atoms with E-state index < -0.39 is 0 Å². The number of hydrogen-bond donors (Lipinski definition) is 2. The van der Waals surface area contributed by atoms with Gasteiger partial charge < -0.3 is 16.2 Å². The van der Waals surface area contributed by atoms with Crippen molar-refractivity contribution >= 4 is 0 Å². The van der Waals surface area contributed by atoms with Gasteiger partial charge in [0.2, 0.25) is 0 Å². The molecular weight excluding hydrogens is 260 g/mol. The second-order valence-electron chi connectivity index (χ2n) is 5.20. The Morgan fingerprint density at radius 2 is 1.62 bits per heavy atom. The van der Waals surface area contributed by atoms with Crippen LogP contribution in [-0.4, -0.2) is 6.54 Å².